The van der Waals surface area contributed by atoms with Crippen LogP contribution >= 0.6 is 10.8 Å². The molecule has 0 aromatic rings. The third-order valence-corrected chi connectivity index (χ3v) is 23.5. The van der Waals surface area contributed by atoms with E-state index in [1.807, 2.05) is 18.6 Å². The molecule has 8 aliphatic heterocycles. The minimum Gasteiger partial charge on any atom is -0.355 e. The standard InChI is InChI=1S/C8H16N2O3S.C6H12N2O3S.3C5H11NO3S.C4H8N2O3S.C4H7NO4S.C4H7NO3S2/c1-6(2)7-8(11)9-4-3-5-14(12,13)10-7;1-5-6(9)7-3-2-4-12(10,11)8-5;3*1-5-6-3-2-4-10(7,8)9-5;7-4-5-2-1-3-10(8,9)6-4;2*6-4-5-2-1-3-10(7,8)9-4/h6-7,10H,3-5H2,1-2H3,(H,9,11);5,8H,2-4H2,1H3,(H,7,9);3*5-6H,2-4H2,1H3;1-3H2,(H2,5,6,7);2*1-3H2,(H,5,6)/t7-;5-;;;;;;/m00....../s1. The number of carbonyl (C=O) groups excluding carboxylic acids is 5. The Labute approximate surface area is 508 Å². The van der Waals surface area contributed by atoms with Crippen molar-refractivity contribution < 1.29 is 108 Å². The Bertz CT molecular complexity index is 2890. The fraction of sp³-hybridized carbons (Fsp3) is 0.878. The summed E-state index contributed by atoms with van der Waals surface area (Å²) in [7, 11) is -25.9. The molecular weight excluding hydrogens is 1340 g/mol. The number of hydrogen-bond donors (Lipinski definition) is 11. The van der Waals surface area contributed by atoms with Gasteiger partial charge in [-0.25, -0.2) is 57.4 Å². The Kier molecular flexibility index (Phi) is 35.9. The molecule has 0 bridgehead atoms. The lowest BCUT2D eigenvalue weighted by atomic mass is 10.1. The maximum absolute atomic E-state index is 11.5. The van der Waals surface area contributed by atoms with E-state index >= 15 is 0 Å². The van der Waals surface area contributed by atoms with E-state index in [0.717, 1.165) is 0 Å². The Hall–Kier alpha value is -3.42. The molecule has 0 aliphatic carbocycles. The van der Waals surface area contributed by atoms with Crippen molar-refractivity contribution in [2.24, 2.45) is 5.92 Å². The fourth-order valence-electron chi connectivity index (χ4n) is 6.85. The Morgan fingerprint density at radius 1 is 0.407 bits per heavy atom. The number of rotatable bonds is 1. The van der Waals surface area contributed by atoms with E-state index in [1.165, 1.54) is 6.92 Å². The zero-order chi connectivity index (χ0) is 65.6. The summed E-state index contributed by atoms with van der Waals surface area (Å²) in [6.07, 6.45) is 2.24. The van der Waals surface area contributed by atoms with E-state index in [4.69, 9.17) is 0 Å². The molecule has 8 saturated heterocycles. The monoisotopic (exact) mass is 1420 g/mol. The first-order valence-corrected chi connectivity index (χ1v) is 41.0. The van der Waals surface area contributed by atoms with Crippen molar-refractivity contribution in [2.45, 2.75) is 124 Å². The summed E-state index contributed by atoms with van der Waals surface area (Å²) in [4.78, 5) is 53.9. The van der Waals surface area contributed by atoms with Gasteiger partial charge in [0.2, 0.25) is 50.8 Å². The molecule has 5 atom stereocenters. The zero-order valence-electron chi connectivity index (χ0n) is 48.3. The van der Waals surface area contributed by atoms with Crippen molar-refractivity contribution in [3.05, 3.63) is 0 Å². The maximum atomic E-state index is 11.5. The summed E-state index contributed by atoms with van der Waals surface area (Å²) in [6, 6.07) is -1.92. The van der Waals surface area contributed by atoms with Crippen LogP contribution in [0.4, 0.5) is 14.4 Å². The van der Waals surface area contributed by atoms with Gasteiger partial charge in [0.05, 0.1) is 62.9 Å². The van der Waals surface area contributed by atoms with Crippen molar-refractivity contribution in [1.29, 1.82) is 0 Å². The highest BCUT2D eigenvalue weighted by atomic mass is 33.1. The minimum absolute atomic E-state index is 0.0196. The first-order valence-electron chi connectivity index (χ1n) is 26.7. The van der Waals surface area contributed by atoms with E-state index in [9.17, 15) is 91.3 Å². The summed E-state index contributed by atoms with van der Waals surface area (Å²) in [6.45, 7) is 14.4. The lowest BCUT2D eigenvalue weighted by Crippen LogP contribution is -2.52. The normalized spacial score (nSPS) is 28.8. The smallest absolute Gasteiger partial charge is 0.355 e. The topological polar surface area (TPSA) is 528 Å². The first kappa shape index (κ1) is 80.6. The molecule has 45 heteroatoms. The number of amides is 6. The predicted molar refractivity (Wildman–Crippen MR) is 315 cm³/mol. The van der Waals surface area contributed by atoms with Gasteiger partial charge in [-0.3, -0.25) is 42.9 Å². The summed E-state index contributed by atoms with van der Waals surface area (Å²) in [5.74, 6) is 0.0329. The number of nitrogens with one attached hydrogen (secondary N) is 11. The number of carbonyl (C=O) groups is 5. The van der Waals surface area contributed by atoms with Crippen LogP contribution in [0, 0.1) is 5.92 Å². The van der Waals surface area contributed by atoms with Gasteiger partial charge in [0.25, 0.3) is 35.6 Å². The van der Waals surface area contributed by atoms with Gasteiger partial charge in [-0.05, 0) is 105 Å². The van der Waals surface area contributed by atoms with Gasteiger partial charge in [0.1, 0.15) is 24.7 Å². The van der Waals surface area contributed by atoms with Crippen LogP contribution in [-0.2, 0) is 106 Å². The summed E-state index contributed by atoms with van der Waals surface area (Å²) >= 11 is 0. The van der Waals surface area contributed by atoms with Crippen molar-refractivity contribution >= 4 is 119 Å². The highest BCUT2D eigenvalue weighted by Crippen LogP contribution is 2.17. The van der Waals surface area contributed by atoms with Crippen LogP contribution < -0.4 is 56.7 Å². The summed E-state index contributed by atoms with van der Waals surface area (Å²) < 4.78 is 199. The second-order valence-corrected chi connectivity index (χ2v) is 35.9. The quantitative estimate of drug-likeness (QED) is 0.0878. The molecule has 8 heterocycles. The molecule has 0 aromatic carbocycles. The molecule has 8 aliphatic rings. The third kappa shape index (κ3) is 40.3. The molecule has 0 aromatic heterocycles. The van der Waals surface area contributed by atoms with Crippen LogP contribution in [0.5, 0.6) is 0 Å². The Balaban J connectivity index is 0.000000493. The predicted octanol–water partition coefficient (Wildman–Crippen LogP) is -4.09. The van der Waals surface area contributed by atoms with E-state index in [-0.39, 0.29) is 82.4 Å². The lowest BCUT2D eigenvalue weighted by Gasteiger charge is -2.23. The second kappa shape index (κ2) is 38.3. The van der Waals surface area contributed by atoms with Crippen LogP contribution in [0.3, 0.4) is 0 Å². The van der Waals surface area contributed by atoms with E-state index < -0.39 is 109 Å². The molecule has 0 radical (unpaired) electrons. The highest BCUT2D eigenvalue weighted by molar-refractivity contribution is 8.77. The zero-order valence-corrected chi connectivity index (χ0v) is 55.7. The van der Waals surface area contributed by atoms with Gasteiger partial charge in [-0.1, -0.05) is 13.8 Å². The number of sulfonamides is 3. The van der Waals surface area contributed by atoms with Gasteiger partial charge in [-0.15, -0.1) is 0 Å². The van der Waals surface area contributed by atoms with Gasteiger partial charge in [0.15, 0.2) is 0 Å². The van der Waals surface area contributed by atoms with Gasteiger partial charge < -0.3 is 30.8 Å². The maximum Gasteiger partial charge on any atom is 0.422 e. The van der Waals surface area contributed by atoms with Crippen molar-refractivity contribution in [3.8, 4) is 0 Å². The molecule has 86 heavy (non-hydrogen) atoms. The number of urea groups is 1. The second-order valence-electron chi connectivity index (χ2n) is 19.4. The third-order valence-electron chi connectivity index (χ3n) is 10.9. The minimum atomic E-state index is -3.58. The van der Waals surface area contributed by atoms with Crippen LogP contribution in [0.2, 0.25) is 0 Å². The Morgan fingerprint density at radius 3 is 1.23 bits per heavy atom. The highest BCUT2D eigenvalue weighted by Gasteiger charge is 2.29. The Morgan fingerprint density at radius 2 is 0.767 bits per heavy atom. The van der Waals surface area contributed by atoms with Gasteiger partial charge in [0, 0.05) is 32.7 Å². The molecule has 8 rings (SSSR count). The van der Waals surface area contributed by atoms with E-state index in [1.54, 1.807) is 20.8 Å². The van der Waals surface area contributed by atoms with E-state index in [0.29, 0.717) is 115 Å². The molecule has 3 unspecified atom stereocenters. The first-order chi connectivity index (χ1) is 39.5. The molecular formula is C41H83N11O25S9. The van der Waals surface area contributed by atoms with Crippen molar-refractivity contribution in [3.63, 3.8) is 0 Å². The molecule has 0 saturated carbocycles. The van der Waals surface area contributed by atoms with Crippen LogP contribution in [0.1, 0.15) is 92.9 Å². The van der Waals surface area contributed by atoms with Gasteiger partial charge >= 0.3 is 22.2 Å². The molecule has 36 nitrogen and oxygen atoms in total. The van der Waals surface area contributed by atoms with Gasteiger partial charge in [-0.2, -0.15) is 33.7 Å². The van der Waals surface area contributed by atoms with Crippen LogP contribution in [0.15, 0.2) is 0 Å². The average Bonchev–Trinajstić information content (AvgIpc) is 3.90. The largest absolute Gasteiger partial charge is 0.422 e. The van der Waals surface area contributed by atoms with Crippen molar-refractivity contribution in [1.82, 2.24) is 56.7 Å². The molecule has 0 spiro atoms. The number of hydrogen-bond acceptors (Lipinski definition) is 29. The van der Waals surface area contributed by atoms with Crippen LogP contribution in [0.25, 0.3) is 0 Å². The summed E-state index contributed by atoms with van der Waals surface area (Å²) in [5, 5.41) is 20.6. The van der Waals surface area contributed by atoms with E-state index in [2.05, 4.69) is 68.7 Å². The SMILES string of the molecule is CC(C)[C@@H]1NS(=O)(=O)CCCNC1=O.CC1NCCCS(=O)(=O)O1.CC1NCCCS(=O)(=O)O1.CC1NCCCS(=O)(=O)O1.C[C@@H]1NS(=O)(=O)CCCNC1=O.O=C1NCCCS(=O)(=O)N1.O=C1NCCCS(=O)(=O)O1.O=C1NCCCS(=O)(=O)S1. The molecule has 6 amide bonds. The molecule has 11 N–H and O–H groups in total. The molecule has 506 valence electrons. The van der Waals surface area contributed by atoms with Crippen LogP contribution in [-0.4, -0.2) is 226 Å². The van der Waals surface area contributed by atoms with Crippen molar-refractivity contribution in [2.75, 3.05) is 98.4 Å². The fourth-order valence-corrected chi connectivity index (χ4v) is 17.1. The molecule has 8 fully saturated rings. The average molecular weight is 1420 g/mol. The lowest BCUT2D eigenvalue weighted by molar-refractivity contribution is -0.124. The summed E-state index contributed by atoms with van der Waals surface area (Å²) in [5.41, 5.74) is 0.